The maximum absolute atomic E-state index is 12.8. The van der Waals surface area contributed by atoms with E-state index in [1.54, 1.807) is 12.1 Å². The van der Waals surface area contributed by atoms with Crippen molar-refractivity contribution in [3.63, 3.8) is 0 Å². The molecule has 3 atom stereocenters. The first-order valence-electron chi connectivity index (χ1n) is 11.8. The van der Waals surface area contributed by atoms with Gasteiger partial charge in [-0.05, 0) is 81.6 Å². The summed E-state index contributed by atoms with van der Waals surface area (Å²) in [6, 6.07) is 16.4. The molecule has 0 spiro atoms. The van der Waals surface area contributed by atoms with Crippen LogP contribution in [0.1, 0.15) is 48.9 Å². The number of carbonyl (C=O) groups excluding carboxylic acids is 1. The molecule has 4 rings (SSSR count). The zero-order valence-corrected chi connectivity index (χ0v) is 18.6. The molecule has 32 heavy (non-hydrogen) atoms. The van der Waals surface area contributed by atoms with Gasteiger partial charge in [-0.2, -0.15) is 0 Å². The van der Waals surface area contributed by atoms with Crippen molar-refractivity contribution < 1.29 is 19.4 Å². The highest BCUT2D eigenvalue weighted by atomic mass is 16.5. The van der Waals surface area contributed by atoms with Gasteiger partial charge in [-0.1, -0.05) is 24.6 Å². The second kappa shape index (κ2) is 11.3. The van der Waals surface area contributed by atoms with E-state index < -0.39 is 6.10 Å². The molecule has 6 heteroatoms. The number of hydrogen-bond donors (Lipinski definition) is 2. The molecule has 0 unspecified atom stereocenters. The van der Waals surface area contributed by atoms with Crippen molar-refractivity contribution in [2.45, 2.75) is 56.8 Å². The van der Waals surface area contributed by atoms with Gasteiger partial charge in [0.25, 0.3) is 5.91 Å². The Hall–Kier alpha value is -2.57. The topological polar surface area (TPSA) is 71.0 Å². The van der Waals surface area contributed by atoms with Crippen molar-refractivity contribution in [2.24, 2.45) is 0 Å². The van der Waals surface area contributed by atoms with Crippen LogP contribution in [0.25, 0.3) is 0 Å². The lowest BCUT2D eigenvalue weighted by molar-refractivity contribution is 0.0129. The van der Waals surface area contributed by atoms with Gasteiger partial charge in [-0.15, -0.1) is 0 Å². The molecule has 0 radical (unpaired) electrons. The third-order valence-corrected chi connectivity index (χ3v) is 6.39. The van der Waals surface area contributed by atoms with Crippen LogP contribution in [0.3, 0.4) is 0 Å². The molecule has 1 saturated carbocycles. The van der Waals surface area contributed by atoms with E-state index in [9.17, 15) is 9.90 Å². The number of ether oxygens (including phenoxy) is 2. The fourth-order valence-corrected chi connectivity index (χ4v) is 4.52. The van der Waals surface area contributed by atoms with Crippen LogP contribution in [0, 0.1) is 0 Å². The summed E-state index contributed by atoms with van der Waals surface area (Å²) < 4.78 is 11.9. The van der Waals surface area contributed by atoms with E-state index in [1.165, 1.54) is 12.8 Å². The number of aliphatic hydroxyl groups is 1. The van der Waals surface area contributed by atoms with Gasteiger partial charge in [0.1, 0.15) is 30.3 Å². The number of nitrogens with zero attached hydrogens (tertiary/aromatic N) is 1. The third kappa shape index (κ3) is 6.24. The van der Waals surface area contributed by atoms with Gasteiger partial charge in [0.15, 0.2) is 0 Å². The van der Waals surface area contributed by atoms with Crippen LogP contribution in [-0.2, 0) is 0 Å². The Bertz CT molecular complexity index is 837. The number of hydrogen-bond acceptors (Lipinski definition) is 5. The molecule has 2 aromatic rings. The number of nitrogens with one attached hydrogen (secondary N) is 1. The standard InChI is InChI=1S/C26H34N2O4/c29-25-23(10-4-5-11-24(25)32-22-8-2-1-3-9-22)27-26(30)20-12-14-21(15-13-20)31-19-18-28-16-6-7-17-28/h1-3,8-9,12-15,23-25,29H,4-7,10-11,16-19H2,(H,27,30)/t23-,24-,25-/m1/s1. The SMILES string of the molecule is O=C(N[C@@H]1CCCC[C@@H](Oc2ccccc2)[C@@H]1O)c1ccc(OCCN2CCCC2)cc1. The number of rotatable bonds is 8. The molecule has 2 N–H and O–H groups in total. The molecule has 1 aliphatic heterocycles. The molecule has 2 fully saturated rings. The Morgan fingerprint density at radius 1 is 0.938 bits per heavy atom. The number of aliphatic hydroxyl groups excluding tert-OH is 1. The van der Waals surface area contributed by atoms with Gasteiger partial charge in [0.2, 0.25) is 0 Å². The monoisotopic (exact) mass is 438 g/mol. The number of carbonyl (C=O) groups is 1. The van der Waals surface area contributed by atoms with Gasteiger partial charge >= 0.3 is 0 Å². The van der Waals surface area contributed by atoms with Gasteiger partial charge in [0.05, 0.1) is 6.04 Å². The van der Waals surface area contributed by atoms with Crippen molar-refractivity contribution in [1.29, 1.82) is 0 Å². The highest BCUT2D eigenvalue weighted by Gasteiger charge is 2.32. The molecule has 2 aromatic carbocycles. The van der Waals surface area contributed by atoms with Crippen LogP contribution in [0.2, 0.25) is 0 Å². The van der Waals surface area contributed by atoms with Crippen LogP contribution >= 0.6 is 0 Å². The fourth-order valence-electron chi connectivity index (χ4n) is 4.52. The normalized spacial score (nSPS) is 24.0. The van der Waals surface area contributed by atoms with Gasteiger partial charge in [0, 0.05) is 12.1 Å². The molecule has 0 bridgehead atoms. The average Bonchev–Trinajstić information content (AvgIpc) is 3.28. The highest BCUT2D eigenvalue weighted by molar-refractivity contribution is 5.94. The summed E-state index contributed by atoms with van der Waals surface area (Å²) in [4.78, 5) is 15.2. The van der Waals surface area contributed by atoms with Crippen LogP contribution in [-0.4, -0.2) is 60.4 Å². The van der Waals surface area contributed by atoms with E-state index in [4.69, 9.17) is 9.47 Å². The minimum atomic E-state index is -0.755. The number of amides is 1. The van der Waals surface area contributed by atoms with E-state index in [-0.39, 0.29) is 18.1 Å². The quantitative estimate of drug-likeness (QED) is 0.616. The molecule has 6 nitrogen and oxygen atoms in total. The van der Waals surface area contributed by atoms with E-state index in [0.29, 0.717) is 12.2 Å². The zero-order valence-electron chi connectivity index (χ0n) is 18.6. The third-order valence-electron chi connectivity index (χ3n) is 6.39. The largest absolute Gasteiger partial charge is 0.492 e. The van der Waals surface area contributed by atoms with Crippen molar-refractivity contribution in [3.8, 4) is 11.5 Å². The Morgan fingerprint density at radius 3 is 2.41 bits per heavy atom. The number of likely N-dealkylation sites (tertiary alicyclic amines) is 1. The Labute approximate surface area is 190 Å². The second-order valence-electron chi connectivity index (χ2n) is 8.75. The van der Waals surface area contributed by atoms with E-state index in [2.05, 4.69) is 10.2 Å². The van der Waals surface area contributed by atoms with Crippen molar-refractivity contribution in [2.75, 3.05) is 26.2 Å². The van der Waals surface area contributed by atoms with Gasteiger partial charge in [-0.3, -0.25) is 9.69 Å². The molecule has 0 aromatic heterocycles. The molecule has 2 aliphatic rings. The predicted molar refractivity (Wildman–Crippen MR) is 124 cm³/mol. The zero-order chi connectivity index (χ0) is 22.2. The van der Waals surface area contributed by atoms with Crippen LogP contribution in [0.15, 0.2) is 54.6 Å². The average molecular weight is 439 g/mol. The predicted octanol–water partition coefficient (Wildman–Crippen LogP) is 3.64. The first kappa shape index (κ1) is 22.6. The van der Waals surface area contributed by atoms with Crippen LogP contribution in [0.5, 0.6) is 11.5 Å². The molecule has 1 aliphatic carbocycles. The Balaban J connectivity index is 1.29. The van der Waals surface area contributed by atoms with Crippen LogP contribution in [0.4, 0.5) is 0 Å². The highest BCUT2D eigenvalue weighted by Crippen LogP contribution is 2.24. The molecular formula is C26H34N2O4. The minimum Gasteiger partial charge on any atom is -0.492 e. The van der Waals surface area contributed by atoms with Crippen molar-refractivity contribution in [3.05, 3.63) is 60.2 Å². The Morgan fingerprint density at radius 2 is 1.66 bits per heavy atom. The molecule has 1 heterocycles. The maximum Gasteiger partial charge on any atom is 0.251 e. The molecule has 1 amide bonds. The smallest absolute Gasteiger partial charge is 0.251 e. The van der Waals surface area contributed by atoms with Gasteiger partial charge in [-0.25, -0.2) is 0 Å². The second-order valence-corrected chi connectivity index (χ2v) is 8.75. The number of para-hydroxylation sites is 1. The summed E-state index contributed by atoms with van der Waals surface area (Å²) in [5.41, 5.74) is 0.564. The fraction of sp³-hybridized carbons (Fsp3) is 0.500. The lowest BCUT2D eigenvalue weighted by Gasteiger charge is -2.28. The van der Waals surface area contributed by atoms with Crippen molar-refractivity contribution >= 4 is 5.91 Å². The summed E-state index contributed by atoms with van der Waals surface area (Å²) in [5, 5.41) is 14.0. The van der Waals surface area contributed by atoms with Crippen molar-refractivity contribution in [1.82, 2.24) is 10.2 Å². The number of benzene rings is 2. The summed E-state index contributed by atoms with van der Waals surface area (Å²) in [6.07, 6.45) is 4.87. The first-order valence-corrected chi connectivity index (χ1v) is 11.8. The van der Waals surface area contributed by atoms with Gasteiger partial charge < -0.3 is 19.9 Å². The summed E-state index contributed by atoms with van der Waals surface area (Å²) >= 11 is 0. The molecular weight excluding hydrogens is 404 g/mol. The Kier molecular flexibility index (Phi) is 8.02. The van der Waals surface area contributed by atoms with E-state index in [1.807, 2.05) is 42.5 Å². The lowest BCUT2D eigenvalue weighted by Crippen LogP contribution is -2.49. The van der Waals surface area contributed by atoms with Crippen LogP contribution < -0.4 is 14.8 Å². The lowest BCUT2D eigenvalue weighted by atomic mass is 10.0. The summed E-state index contributed by atoms with van der Waals surface area (Å²) in [7, 11) is 0. The maximum atomic E-state index is 12.8. The molecule has 172 valence electrons. The van der Waals surface area contributed by atoms with E-state index in [0.717, 1.165) is 56.8 Å². The first-order chi connectivity index (χ1) is 15.7. The minimum absolute atomic E-state index is 0.182. The summed E-state index contributed by atoms with van der Waals surface area (Å²) in [5.74, 6) is 1.33. The molecule has 1 saturated heterocycles. The summed E-state index contributed by atoms with van der Waals surface area (Å²) in [6.45, 7) is 3.91. The van der Waals surface area contributed by atoms with E-state index >= 15 is 0 Å².